The molecule has 2 rings (SSSR count). The maximum Gasteiger partial charge on any atom is 0.175 e. The highest BCUT2D eigenvalue weighted by Gasteiger charge is 2.00. The van der Waals surface area contributed by atoms with Gasteiger partial charge in [0.15, 0.2) is 5.82 Å². The minimum Gasteiger partial charge on any atom is -0.239 e. The maximum atomic E-state index is 3.87. The van der Waals surface area contributed by atoms with Gasteiger partial charge in [0.05, 0.1) is 0 Å². The summed E-state index contributed by atoms with van der Waals surface area (Å²) in [6.45, 7) is 6.17. The average Bonchev–Trinajstić information content (AvgIpc) is 2.68. The van der Waals surface area contributed by atoms with Gasteiger partial charge in [-0.05, 0) is 48.4 Å². The van der Waals surface area contributed by atoms with E-state index in [4.69, 9.17) is 0 Å². The van der Waals surface area contributed by atoms with Gasteiger partial charge < -0.3 is 0 Å². The van der Waals surface area contributed by atoms with E-state index in [0.717, 1.165) is 5.57 Å². The summed E-state index contributed by atoms with van der Waals surface area (Å²) in [5, 5.41) is 13.7. The van der Waals surface area contributed by atoms with Gasteiger partial charge in [-0.3, -0.25) is 0 Å². The summed E-state index contributed by atoms with van der Waals surface area (Å²) in [6, 6.07) is 6.43. The Balaban J connectivity index is 2.35. The molecule has 0 unspecified atom stereocenters. The van der Waals surface area contributed by atoms with Crippen LogP contribution in [0.4, 0.5) is 0 Å². The summed E-state index contributed by atoms with van der Waals surface area (Å²) in [7, 11) is 0. The Kier molecular flexibility index (Phi) is 2.81. The first-order chi connectivity index (χ1) is 7.65. The third-order valence-electron chi connectivity index (χ3n) is 2.35. The molecule has 0 aliphatic carbocycles. The summed E-state index contributed by atoms with van der Waals surface area (Å²) in [4.78, 5) is 0. The molecule has 0 saturated heterocycles. The molecule has 0 radical (unpaired) electrons. The van der Waals surface area contributed by atoms with Gasteiger partial charge in [0.2, 0.25) is 0 Å². The van der Waals surface area contributed by atoms with Crippen LogP contribution in [0.3, 0.4) is 0 Å². The highest BCUT2D eigenvalue weighted by Crippen LogP contribution is 2.15. The fourth-order valence-electron chi connectivity index (χ4n) is 1.74. The molecule has 0 aliphatic rings. The number of allylic oxidation sites excluding steroid dienone is 1. The van der Waals surface area contributed by atoms with E-state index < -0.39 is 0 Å². The van der Waals surface area contributed by atoms with Crippen molar-refractivity contribution in [2.45, 2.75) is 20.8 Å². The summed E-state index contributed by atoms with van der Waals surface area (Å²) in [5.74, 6) is 0.708. The number of aryl methyl sites for hydroxylation is 2. The Morgan fingerprint density at radius 2 is 1.88 bits per heavy atom. The summed E-state index contributed by atoms with van der Waals surface area (Å²) in [6.07, 6.45) is 2.07. The molecule has 0 fully saturated rings. The number of tetrazole rings is 1. The maximum absolute atomic E-state index is 3.87. The molecule has 0 atom stereocenters. The van der Waals surface area contributed by atoms with Crippen LogP contribution in [-0.2, 0) is 0 Å². The van der Waals surface area contributed by atoms with Gasteiger partial charge in [0.1, 0.15) is 0 Å². The molecule has 0 spiro atoms. The second-order valence-corrected chi connectivity index (χ2v) is 4.00. The van der Waals surface area contributed by atoms with Gasteiger partial charge in [-0.2, -0.15) is 0 Å². The van der Waals surface area contributed by atoms with E-state index in [1.54, 1.807) is 0 Å². The number of nitrogens with zero attached hydrogens (tertiary/aromatic N) is 3. The van der Waals surface area contributed by atoms with E-state index in [2.05, 4.69) is 58.7 Å². The minimum atomic E-state index is 0.708. The average molecular weight is 214 g/mol. The Labute approximate surface area is 94.4 Å². The van der Waals surface area contributed by atoms with Crippen LogP contribution < -0.4 is 0 Å². The van der Waals surface area contributed by atoms with Gasteiger partial charge in [0, 0.05) is 0 Å². The highest BCUT2D eigenvalue weighted by molar-refractivity contribution is 5.77. The standard InChI is InChI=1S/C12H14N4/c1-8-4-9(2)6-11(5-8)7-10(3)12-13-15-16-14-12/h4-7H,1-3H3,(H,13,14,15,16). The van der Waals surface area contributed by atoms with E-state index in [1.165, 1.54) is 16.7 Å². The van der Waals surface area contributed by atoms with Crippen LogP contribution in [0.25, 0.3) is 11.6 Å². The molecule has 1 aromatic carbocycles. The molecule has 1 N–H and O–H groups in total. The number of hydrogen-bond acceptors (Lipinski definition) is 3. The molecular weight excluding hydrogens is 200 g/mol. The zero-order valence-corrected chi connectivity index (χ0v) is 9.65. The monoisotopic (exact) mass is 214 g/mol. The third-order valence-corrected chi connectivity index (χ3v) is 2.35. The highest BCUT2D eigenvalue weighted by atomic mass is 15.5. The van der Waals surface area contributed by atoms with E-state index in [0.29, 0.717) is 5.82 Å². The minimum absolute atomic E-state index is 0.708. The molecule has 1 heterocycles. The van der Waals surface area contributed by atoms with E-state index in [9.17, 15) is 0 Å². The van der Waals surface area contributed by atoms with Gasteiger partial charge in [-0.25, -0.2) is 5.10 Å². The lowest BCUT2D eigenvalue weighted by Crippen LogP contribution is -1.85. The van der Waals surface area contributed by atoms with Crippen LogP contribution in [0, 0.1) is 13.8 Å². The first-order valence-electron chi connectivity index (χ1n) is 5.16. The lowest BCUT2D eigenvalue weighted by molar-refractivity contribution is 0.881. The lowest BCUT2D eigenvalue weighted by atomic mass is 10.1. The molecule has 0 saturated carbocycles. The van der Waals surface area contributed by atoms with Crippen molar-refractivity contribution < 1.29 is 0 Å². The normalized spacial score (nSPS) is 11.8. The molecule has 82 valence electrons. The van der Waals surface area contributed by atoms with Crippen molar-refractivity contribution in [2.75, 3.05) is 0 Å². The van der Waals surface area contributed by atoms with Crippen LogP contribution in [-0.4, -0.2) is 20.6 Å². The second-order valence-electron chi connectivity index (χ2n) is 4.00. The topological polar surface area (TPSA) is 54.5 Å². The van der Waals surface area contributed by atoms with Crippen molar-refractivity contribution in [3.8, 4) is 0 Å². The number of aromatic amines is 1. The summed E-state index contributed by atoms with van der Waals surface area (Å²) < 4.78 is 0. The van der Waals surface area contributed by atoms with Crippen LogP contribution in [0.1, 0.15) is 29.4 Å². The number of H-pyrrole nitrogens is 1. The fourth-order valence-corrected chi connectivity index (χ4v) is 1.74. The van der Waals surface area contributed by atoms with Gasteiger partial charge in [0.25, 0.3) is 0 Å². The zero-order valence-electron chi connectivity index (χ0n) is 9.65. The van der Waals surface area contributed by atoms with Crippen LogP contribution in [0.2, 0.25) is 0 Å². The van der Waals surface area contributed by atoms with Gasteiger partial charge >= 0.3 is 0 Å². The predicted molar refractivity (Wildman–Crippen MR) is 63.6 cm³/mol. The van der Waals surface area contributed by atoms with Crippen molar-refractivity contribution in [3.05, 3.63) is 40.7 Å². The van der Waals surface area contributed by atoms with Crippen molar-refractivity contribution in [3.63, 3.8) is 0 Å². The van der Waals surface area contributed by atoms with Crippen LogP contribution >= 0.6 is 0 Å². The van der Waals surface area contributed by atoms with Crippen LogP contribution in [0.5, 0.6) is 0 Å². The number of benzene rings is 1. The third kappa shape index (κ3) is 2.34. The molecule has 0 aliphatic heterocycles. The Bertz CT molecular complexity index is 492. The zero-order chi connectivity index (χ0) is 11.5. The molecule has 2 aromatic rings. The fraction of sp³-hybridized carbons (Fsp3) is 0.250. The molecule has 4 heteroatoms. The molecule has 1 aromatic heterocycles. The number of hydrogen-bond donors (Lipinski definition) is 1. The van der Waals surface area contributed by atoms with E-state index >= 15 is 0 Å². The van der Waals surface area contributed by atoms with Crippen LogP contribution in [0.15, 0.2) is 18.2 Å². The smallest absolute Gasteiger partial charge is 0.175 e. The first-order valence-corrected chi connectivity index (χ1v) is 5.16. The summed E-state index contributed by atoms with van der Waals surface area (Å²) in [5.41, 5.74) is 4.71. The van der Waals surface area contributed by atoms with Crippen molar-refractivity contribution >= 4 is 11.6 Å². The molecule has 16 heavy (non-hydrogen) atoms. The SMILES string of the molecule is CC(=Cc1cc(C)cc(C)c1)c1nnn[nH]1. The number of nitrogens with one attached hydrogen (secondary N) is 1. The van der Waals surface area contributed by atoms with Gasteiger partial charge in [-0.1, -0.05) is 29.3 Å². The molecule has 4 nitrogen and oxygen atoms in total. The van der Waals surface area contributed by atoms with E-state index in [1.807, 2.05) is 6.92 Å². The predicted octanol–water partition coefficient (Wildman–Crippen LogP) is 2.38. The molecule has 0 amide bonds. The Hall–Kier alpha value is -1.97. The Morgan fingerprint density at radius 1 is 1.19 bits per heavy atom. The van der Waals surface area contributed by atoms with E-state index in [-0.39, 0.29) is 0 Å². The number of aromatic nitrogens is 4. The van der Waals surface area contributed by atoms with Crippen molar-refractivity contribution in [1.82, 2.24) is 20.6 Å². The largest absolute Gasteiger partial charge is 0.239 e. The van der Waals surface area contributed by atoms with Crippen molar-refractivity contribution in [2.24, 2.45) is 0 Å². The lowest BCUT2D eigenvalue weighted by Gasteiger charge is -2.01. The quantitative estimate of drug-likeness (QED) is 0.835. The summed E-state index contributed by atoms with van der Waals surface area (Å²) >= 11 is 0. The molecular formula is C12H14N4. The Morgan fingerprint density at radius 3 is 2.44 bits per heavy atom. The van der Waals surface area contributed by atoms with Crippen molar-refractivity contribution in [1.29, 1.82) is 0 Å². The van der Waals surface area contributed by atoms with Gasteiger partial charge in [-0.15, -0.1) is 5.10 Å². The number of rotatable bonds is 2. The first kappa shape index (κ1) is 10.5. The second kappa shape index (κ2) is 4.26. The molecule has 0 bridgehead atoms.